The number of aliphatic imine (C=N–C) groups is 1. The van der Waals surface area contributed by atoms with Gasteiger partial charge in [-0.15, -0.1) is 24.0 Å². The summed E-state index contributed by atoms with van der Waals surface area (Å²) in [6.07, 6.45) is 4.63. The van der Waals surface area contributed by atoms with Crippen LogP contribution in [0.15, 0.2) is 21.8 Å². The molecule has 10 heteroatoms. The number of halogens is 1. The number of piperazine rings is 1. The first-order valence-electron chi connectivity index (χ1n) is 10.2. The van der Waals surface area contributed by atoms with Crippen molar-refractivity contribution < 1.29 is 9.32 Å². The molecule has 0 aliphatic carbocycles. The molecule has 2 aliphatic rings. The first kappa shape index (κ1) is 23.9. The Balaban J connectivity index is 0.00000300. The standard InChI is InChI=1S/C19H33N7O2.HI/c1-21-19(22-6-3-8-24-7-2-4-16(14-24)18(20)27)26-11-9-25(10-12-26)15-17-5-13-28-23-17;/h5,13,16H,2-4,6-12,14-15H2,1H3,(H2,20,27)(H,21,22);1H. The number of nitrogens with two attached hydrogens (primary N) is 1. The Kier molecular flexibility index (Phi) is 10.2. The van der Waals surface area contributed by atoms with Gasteiger partial charge in [-0.2, -0.15) is 0 Å². The molecule has 2 fully saturated rings. The van der Waals surface area contributed by atoms with Gasteiger partial charge in [0.15, 0.2) is 5.96 Å². The minimum atomic E-state index is -0.161. The fourth-order valence-corrected chi connectivity index (χ4v) is 3.99. The maximum Gasteiger partial charge on any atom is 0.221 e. The highest BCUT2D eigenvalue weighted by Crippen LogP contribution is 2.16. The van der Waals surface area contributed by atoms with E-state index >= 15 is 0 Å². The molecular formula is C19H34IN7O2. The van der Waals surface area contributed by atoms with Gasteiger partial charge < -0.3 is 25.4 Å². The second-order valence-corrected chi connectivity index (χ2v) is 7.62. The van der Waals surface area contributed by atoms with Crippen molar-refractivity contribution >= 4 is 35.8 Å². The normalized spacial score (nSPS) is 21.6. The van der Waals surface area contributed by atoms with Crippen LogP contribution in [0.4, 0.5) is 0 Å². The van der Waals surface area contributed by atoms with Gasteiger partial charge in [-0.25, -0.2) is 0 Å². The molecule has 2 aliphatic heterocycles. The molecule has 0 bridgehead atoms. The summed E-state index contributed by atoms with van der Waals surface area (Å²) >= 11 is 0. The highest BCUT2D eigenvalue weighted by Gasteiger charge is 2.24. The topological polar surface area (TPSA) is 103 Å². The van der Waals surface area contributed by atoms with Gasteiger partial charge in [-0.1, -0.05) is 5.16 Å². The minimum absolute atomic E-state index is 0. The fourth-order valence-electron chi connectivity index (χ4n) is 3.99. The van der Waals surface area contributed by atoms with Gasteiger partial charge in [0, 0.05) is 58.9 Å². The summed E-state index contributed by atoms with van der Waals surface area (Å²) < 4.78 is 4.91. The van der Waals surface area contributed by atoms with Crippen LogP contribution in [0.2, 0.25) is 0 Å². The van der Waals surface area contributed by atoms with E-state index in [1.165, 1.54) is 0 Å². The van der Waals surface area contributed by atoms with Gasteiger partial charge in [0.25, 0.3) is 0 Å². The third-order valence-electron chi connectivity index (χ3n) is 5.60. The van der Waals surface area contributed by atoms with E-state index in [1.807, 2.05) is 13.1 Å². The number of aromatic nitrogens is 1. The van der Waals surface area contributed by atoms with Crippen LogP contribution in [-0.2, 0) is 11.3 Å². The van der Waals surface area contributed by atoms with Crippen LogP contribution in [0.1, 0.15) is 25.0 Å². The smallest absolute Gasteiger partial charge is 0.221 e. The minimum Gasteiger partial charge on any atom is -0.369 e. The molecule has 1 unspecified atom stereocenters. The van der Waals surface area contributed by atoms with Gasteiger partial charge in [-0.3, -0.25) is 14.7 Å². The van der Waals surface area contributed by atoms with Crippen LogP contribution in [0.25, 0.3) is 0 Å². The van der Waals surface area contributed by atoms with Crippen molar-refractivity contribution in [2.75, 3.05) is 59.4 Å². The number of primary amides is 1. The third-order valence-corrected chi connectivity index (χ3v) is 5.60. The average molecular weight is 519 g/mol. The lowest BCUT2D eigenvalue weighted by molar-refractivity contribution is -0.123. The summed E-state index contributed by atoms with van der Waals surface area (Å²) in [4.78, 5) is 22.9. The number of hydrogen-bond donors (Lipinski definition) is 2. The molecule has 2 saturated heterocycles. The predicted octanol–water partition coefficient (Wildman–Crippen LogP) is 0.573. The summed E-state index contributed by atoms with van der Waals surface area (Å²) in [6, 6.07) is 1.92. The lowest BCUT2D eigenvalue weighted by Gasteiger charge is -2.36. The Morgan fingerprint density at radius 1 is 1.31 bits per heavy atom. The summed E-state index contributed by atoms with van der Waals surface area (Å²) in [6.45, 7) is 8.42. The first-order chi connectivity index (χ1) is 13.7. The van der Waals surface area contributed by atoms with Crippen molar-refractivity contribution in [2.45, 2.75) is 25.8 Å². The summed E-state index contributed by atoms with van der Waals surface area (Å²) in [5.74, 6) is 0.823. The summed E-state index contributed by atoms with van der Waals surface area (Å²) in [7, 11) is 1.84. The van der Waals surface area contributed by atoms with E-state index in [0.29, 0.717) is 0 Å². The van der Waals surface area contributed by atoms with Crippen LogP contribution in [0.5, 0.6) is 0 Å². The van der Waals surface area contributed by atoms with Crippen molar-refractivity contribution in [3.8, 4) is 0 Å². The lowest BCUT2D eigenvalue weighted by Crippen LogP contribution is -2.52. The summed E-state index contributed by atoms with van der Waals surface area (Å²) in [5.41, 5.74) is 6.44. The molecule has 3 heterocycles. The maximum atomic E-state index is 11.4. The maximum absolute atomic E-state index is 11.4. The second-order valence-electron chi connectivity index (χ2n) is 7.62. The highest BCUT2D eigenvalue weighted by atomic mass is 127. The monoisotopic (exact) mass is 519 g/mol. The highest BCUT2D eigenvalue weighted by molar-refractivity contribution is 14.0. The van der Waals surface area contributed by atoms with E-state index in [0.717, 1.165) is 89.8 Å². The number of piperidine rings is 1. The fraction of sp³-hybridized carbons (Fsp3) is 0.737. The molecule has 164 valence electrons. The third kappa shape index (κ3) is 7.41. The molecule has 0 radical (unpaired) electrons. The Bertz CT molecular complexity index is 633. The van der Waals surface area contributed by atoms with Crippen LogP contribution >= 0.6 is 24.0 Å². The van der Waals surface area contributed by atoms with Crippen molar-refractivity contribution in [3.05, 3.63) is 18.0 Å². The van der Waals surface area contributed by atoms with Gasteiger partial charge in [-0.05, 0) is 32.4 Å². The Hall–Kier alpha value is -1.40. The molecule has 3 rings (SSSR count). The lowest BCUT2D eigenvalue weighted by atomic mass is 9.97. The van der Waals surface area contributed by atoms with E-state index in [2.05, 4.69) is 30.2 Å². The zero-order valence-electron chi connectivity index (χ0n) is 17.3. The Morgan fingerprint density at radius 2 is 2.10 bits per heavy atom. The van der Waals surface area contributed by atoms with E-state index < -0.39 is 0 Å². The van der Waals surface area contributed by atoms with Crippen LogP contribution in [0.3, 0.4) is 0 Å². The molecule has 3 N–H and O–H groups in total. The quantitative estimate of drug-likeness (QED) is 0.235. The van der Waals surface area contributed by atoms with Crippen LogP contribution in [0, 0.1) is 5.92 Å². The largest absolute Gasteiger partial charge is 0.369 e. The summed E-state index contributed by atoms with van der Waals surface area (Å²) in [5, 5.41) is 7.47. The molecule has 29 heavy (non-hydrogen) atoms. The molecule has 1 aromatic heterocycles. The second kappa shape index (κ2) is 12.3. The van der Waals surface area contributed by atoms with Crippen molar-refractivity contribution in [3.63, 3.8) is 0 Å². The number of rotatable bonds is 7. The van der Waals surface area contributed by atoms with E-state index in [-0.39, 0.29) is 35.8 Å². The average Bonchev–Trinajstić information content (AvgIpc) is 3.22. The number of hydrogen-bond acceptors (Lipinski definition) is 6. The number of nitrogens with zero attached hydrogens (tertiary/aromatic N) is 5. The van der Waals surface area contributed by atoms with Crippen LogP contribution in [-0.4, -0.2) is 91.1 Å². The number of nitrogens with one attached hydrogen (secondary N) is 1. The predicted molar refractivity (Wildman–Crippen MR) is 123 cm³/mol. The number of guanidine groups is 1. The Labute approximate surface area is 190 Å². The van der Waals surface area contributed by atoms with E-state index in [4.69, 9.17) is 10.3 Å². The van der Waals surface area contributed by atoms with Crippen LogP contribution < -0.4 is 11.1 Å². The first-order valence-corrected chi connectivity index (χ1v) is 10.2. The zero-order chi connectivity index (χ0) is 19.8. The SMILES string of the molecule is CN=C(NCCCN1CCCC(C(N)=O)C1)N1CCN(Cc2ccon2)CC1.I. The molecule has 1 aromatic rings. The molecule has 1 atom stereocenters. The molecule has 0 spiro atoms. The molecule has 0 aromatic carbocycles. The van der Waals surface area contributed by atoms with Crippen molar-refractivity contribution in [1.29, 1.82) is 0 Å². The van der Waals surface area contributed by atoms with E-state index in [1.54, 1.807) is 6.26 Å². The Morgan fingerprint density at radius 3 is 2.76 bits per heavy atom. The van der Waals surface area contributed by atoms with Gasteiger partial charge >= 0.3 is 0 Å². The van der Waals surface area contributed by atoms with Crippen molar-refractivity contribution in [1.82, 2.24) is 25.2 Å². The number of carbonyl (C=O) groups is 1. The molecular weight excluding hydrogens is 485 g/mol. The van der Waals surface area contributed by atoms with Crippen molar-refractivity contribution in [2.24, 2.45) is 16.6 Å². The molecule has 0 saturated carbocycles. The number of amides is 1. The van der Waals surface area contributed by atoms with E-state index in [9.17, 15) is 4.79 Å². The van der Waals surface area contributed by atoms with Gasteiger partial charge in [0.1, 0.15) is 6.26 Å². The number of likely N-dealkylation sites (tertiary alicyclic amines) is 1. The number of carbonyl (C=O) groups excluding carboxylic acids is 1. The van der Waals surface area contributed by atoms with Gasteiger partial charge in [0.2, 0.25) is 5.91 Å². The van der Waals surface area contributed by atoms with Gasteiger partial charge in [0.05, 0.1) is 11.6 Å². The molecule has 1 amide bonds. The zero-order valence-corrected chi connectivity index (χ0v) is 19.6. The molecule has 9 nitrogen and oxygen atoms in total.